The summed E-state index contributed by atoms with van der Waals surface area (Å²) < 4.78 is 0. The molecule has 1 aromatic heterocycles. The number of nitrogens with one attached hydrogen (secondary N) is 2. The number of piperidine rings is 1. The van der Waals surface area contributed by atoms with Crippen molar-refractivity contribution in [3.63, 3.8) is 0 Å². The van der Waals surface area contributed by atoms with E-state index in [4.69, 9.17) is 0 Å². The third kappa shape index (κ3) is 3.07. The number of carbonyl (C=O) groups excluding carboxylic acids is 1. The van der Waals surface area contributed by atoms with Crippen LogP contribution >= 0.6 is 0 Å². The number of aromatic nitrogens is 2. The van der Waals surface area contributed by atoms with E-state index in [9.17, 15) is 9.59 Å². The molecule has 0 unspecified atom stereocenters. The molecule has 0 atom stereocenters. The van der Waals surface area contributed by atoms with Gasteiger partial charge in [-0.05, 0) is 50.8 Å². The minimum atomic E-state index is -0.280. The van der Waals surface area contributed by atoms with Gasteiger partial charge >= 0.3 is 0 Å². The predicted molar refractivity (Wildman–Crippen MR) is 74.5 cm³/mol. The van der Waals surface area contributed by atoms with Gasteiger partial charge in [-0.2, -0.15) is 5.10 Å². The molecule has 2 aliphatic rings. The summed E-state index contributed by atoms with van der Waals surface area (Å²) in [6.07, 6.45) is 4.41. The Labute approximate surface area is 117 Å². The highest BCUT2D eigenvalue weighted by Gasteiger charge is 2.35. The van der Waals surface area contributed by atoms with Crippen molar-refractivity contribution in [2.45, 2.75) is 31.7 Å². The van der Waals surface area contributed by atoms with E-state index in [1.807, 2.05) is 4.90 Å². The summed E-state index contributed by atoms with van der Waals surface area (Å²) in [4.78, 5) is 25.5. The lowest BCUT2D eigenvalue weighted by Crippen LogP contribution is -2.41. The molecule has 2 fully saturated rings. The molecule has 20 heavy (non-hydrogen) atoms. The molecule has 108 valence electrons. The average Bonchev–Trinajstić information content (AvgIpc) is 3.30. The molecule has 6 heteroatoms. The summed E-state index contributed by atoms with van der Waals surface area (Å²) in [7, 11) is 0. The van der Waals surface area contributed by atoms with Crippen LogP contribution in [0, 0.1) is 5.92 Å². The van der Waals surface area contributed by atoms with Gasteiger partial charge in [-0.25, -0.2) is 5.10 Å². The van der Waals surface area contributed by atoms with Crippen molar-refractivity contribution < 1.29 is 4.79 Å². The molecule has 1 aromatic rings. The van der Waals surface area contributed by atoms with Gasteiger partial charge in [-0.1, -0.05) is 0 Å². The Balaban J connectivity index is 1.71. The summed E-state index contributed by atoms with van der Waals surface area (Å²) in [6, 6.07) is 3.24. The molecule has 1 aliphatic carbocycles. The van der Waals surface area contributed by atoms with Crippen molar-refractivity contribution in [3.05, 3.63) is 28.2 Å². The zero-order valence-corrected chi connectivity index (χ0v) is 11.5. The number of H-pyrrole nitrogens is 1. The Hall–Kier alpha value is -1.69. The van der Waals surface area contributed by atoms with Gasteiger partial charge in [0.2, 0.25) is 0 Å². The van der Waals surface area contributed by atoms with E-state index in [-0.39, 0.29) is 11.5 Å². The fourth-order valence-corrected chi connectivity index (χ4v) is 2.74. The summed E-state index contributed by atoms with van der Waals surface area (Å²) in [5.74, 6) is 0.519. The lowest BCUT2D eigenvalue weighted by Gasteiger charge is -2.30. The molecular formula is C14H20N4O2. The number of hydrogen-bond acceptors (Lipinski definition) is 4. The molecule has 1 aliphatic heterocycles. The van der Waals surface area contributed by atoms with Crippen molar-refractivity contribution in [3.8, 4) is 0 Å². The molecule has 0 bridgehead atoms. The average molecular weight is 276 g/mol. The topological polar surface area (TPSA) is 78.1 Å². The molecule has 1 saturated heterocycles. The van der Waals surface area contributed by atoms with E-state index in [2.05, 4.69) is 15.5 Å². The van der Waals surface area contributed by atoms with E-state index in [0.717, 1.165) is 45.3 Å². The van der Waals surface area contributed by atoms with Crippen LogP contribution in [-0.2, 0) is 0 Å². The van der Waals surface area contributed by atoms with Gasteiger partial charge in [-0.3, -0.25) is 9.59 Å². The number of carbonyl (C=O) groups is 1. The molecular weight excluding hydrogens is 256 g/mol. The lowest BCUT2D eigenvalue weighted by molar-refractivity contribution is 0.0694. The first kappa shape index (κ1) is 13.3. The molecule has 3 rings (SSSR count). The first-order valence-electron chi connectivity index (χ1n) is 7.31. The maximum absolute atomic E-state index is 12.5. The Bertz CT molecular complexity index is 512. The molecule has 0 spiro atoms. The van der Waals surface area contributed by atoms with Gasteiger partial charge in [0, 0.05) is 18.7 Å². The summed E-state index contributed by atoms with van der Waals surface area (Å²) in [5.41, 5.74) is 0.0586. The van der Waals surface area contributed by atoms with Crippen LogP contribution in [0.2, 0.25) is 0 Å². The Kier molecular flexibility index (Phi) is 3.82. The standard InChI is InChI=1S/C14H20N4O2/c19-13-4-3-12(16-17-13)14(20)18(11-1-2-11)9-10-5-7-15-8-6-10/h3-4,10-11,15H,1-2,5-9H2,(H,17,19). The molecule has 2 heterocycles. The predicted octanol–water partition coefficient (Wildman–Crippen LogP) is 0.374. The second-order valence-corrected chi connectivity index (χ2v) is 5.69. The van der Waals surface area contributed by atoms with E-state index in [1.54, 1.807) is 0 Å². The van der Waals surface area contributed by atoms with Gasteiger partial charge in [0.25, 0.3) is 11.5 Å². The van der Waals surface area contributed by atoms with E-state index in [0.29, 0.717) is 17.7 Å². The number of aromatic amines is 1. The number of hydrogen-bond donors (Lipinski definition) is 2. The summed E-state index contributed by atoms with van der Waals surface area (Å²) in [6.45, 7) is 2.88. The maximum Gasteiger partial charge on any atom is 0.274 e. The van der Waals surface area contributed by atoms with Crippen molar-refractivity contribution >= 4 is 5.91 Å². The smallest absolute Gasteiger partial charge is 0.274 e. The third-order valence-corrected chi connectivity index (χ3v) is 4.06. The van der Waals surface area contributed by atoms with Crippen LogP contribution in [0.15, 0.2) is 16.9 Å². The van der Waals surface area contributed by atoms with E-state index >= 15 is 0 Å². The number of rotatable bonds is 4. The molecule has 6 nitrogen and oxygen atoms in total. The SMILES string of the molecule is O=C(c1ccc(=O)[nH]n1)N(CC1CCNCC1)C1CC1. The highest BCUT2D eigenvalue weighted by Crippen LogP contribution is 2.30. The maximum atomic E-state index is 12.5. The van der Waals surface area contributed by atoms with Crippen LogP contribution in [0.3, 0.4) is 0 Å². The zero-order chi connectivity index (χ0) is 13.9. The lowest BCUT2D eigenvalue weighted by atomic mass is 9.97. The summed E-state index contributed by atoms with van der Waals surface area (Å²) >= 11 is 0. The second kappa shape index (κ2) is 5.75. The van der Waals surface area contributed by atoms with Gasteiger partial charge < -0.3 is 10.2 Å². The first-order chi connectivity index (χ1) is 9.74. The molecule has 0 aromatic carbocycles. The molecule has 1 saturated carbocycles. The number of nitrogens with zero attached hydrogens (tertiary/aromatic N) is 2. The Morgan fingerprint density at radius 2 is 2.00 bits per heavy atom. The van der Waals surface area contributed by atoms with Crippen molar-refractivity contribution in [1.82, 2.24) is 20.4 Å². The second-order valence-electron chi connectivity index (χ2n) is 5.69. The quantitative estimate of drug-likeness (QED) is 0.833. The van der Waals surface area contributed by atoms with Crippen LogP contribution in [0.1, 0.15) is 36.2 Å². The van der Waals surface area contributed by atoms with Gasteiger partial charge in [0.05, 0.1) is 0 Å². The third-order valence-electron chi connectivity index (χ3n) is 4.06. The van der Waals surface area contributed by atoms with Crippen molar-refractivity contribution in [2.75, 3.05) is 19.6 Å². The Morgan fingerprint density at radius 1 is 1.25 bits per heavy atom. The molecule has 2 N–H and O–H groups in total. The van der Waals surface area contributed by atoms with Crippen molar-refractivity contribution in [2.24, 2.45) is 5.92 Å². The largest absolute Gasteiger partial charge is 0.334 e. The Morgan fingerprint density at radius 3 is 2.60 bits per heavy atom. The highest BCUT2D eigenvalue weighted by atomic mass is 16.2. The minimum Gasteiger partial charge on any atom is -0.334 e. The normalized spacial score (nSPS) is 19.8. The van der Waals surface area contributed by atoms with Crippen LogP contribution in [0.5, 0.6) is 0 Å². The first-order valence-corrected chi connectivity index (χ1v) is 7.31. The van der Waals surface area contributed by atoms with Crippen molar-refractivity contribution in [1.29, 1.82) is 0 Å². The van der Waals surface area contributed by atoms with Crippen LogP contribution in [0.4, 0.5) is 0 Å². The van der Waals surface area contributed by atoms with Crippen LogP contribution in [0.25, 0.3) is 0 Å². The van der Waals surface area contributed by atoms with E-state index in [1.165, 1.54) is 12.1 Å². The zero-order valence-electron chi connectivity index (χ0n) is 11.5. The van der Waals surface area contributed by atoms with Gasteiger partial charge in [0.1, 0.15) is 5.69 Å². The van der Waals surface area contributed by atoms with Crippen LogP contribution in [-0.4, -0.2) is 46.7 Å². The molecule has 1 amide bonds. The number of amides is 1. The fraction of sp³-hybridized carbons (Fsp3) is 0.643. The fourth-order valence-electron chi connectivity index (χ4n) is 2.74. The van der Waals surface area contributed by atoms with Gasteiger partial charge in [0.15, 0.2) is 0 Å². The monoisotopic (exact) mass is 276 g/mol. The summed E-state index contributed by atoms with van der Waals surface area (Å²) in [5, 5.41) is 9.54. The molecule has 0 radical (unpaired) electrons. The van der Waals surface area contributed by atoms with E-state index < -0.39 is 0 Å². The van der Waals surface area contributed by atoms with Crippen LogP contribution < -0.4 is 10.9 Å². The highest BCUT2D eigenvalue weighted by molar-refractivity contribution is 5.92. The van der Waals surface area contributed by atoms with Gasteiger partial charge in [-0.15, -0.1) is 0 Å². The minimum absolute atomic E-state index is 0.0534.